The van der Waals surface area contributed by atoms with Crippen LogP contribution in [0.25, 0.3) is 0 Å². The van der Waals surface area contributed by atoms with Gasteiger partial charge in [0.2, 0.25) is 0 Å². The van der Waals surface area contributed by atoms with Crippen molar-refractivity contribution in [2.24, 2.45) is 5.92 Å². The molecular weight excluding hydrogens is 164 g/mol. The van der Waals surface area contributed by atoms with Crippen LogP contribution in [0.4, 0.5) is 0 Å². The highest BCUT2D eigenvalue weighted by molar-refractivity contribution is 4.92. The Labute approximate surface area is 80.0 Å². The molecule has 76 valence electrons. The van der Waals surface area contributed by atoms with Crippen LogP contribution in [-0.2, 0) is 0 Å². The molecule has 0 radical (unpaired) electrons. The first-order chi connectivity index (χ1) is 6.09. The molecule has 0 aliphatic carbocycles. The number of hydrogen-bond acceptors (Lipinski definition) is 4. The second-order valence-corrected chi connectivity index (χ2v) is 4.36. The van der Waals surface area contributed by atoms with Gasteiger partial charge in [-0.1, -0.05) is 6.92 Å². The number of nitrogens with one attached hydrogen (secondary N) is 3. The minimum absolute atomic E-state index is 0.408. The highest BCUT2D eigenvalue weighted by Crippen LogP contribution is 2.23. The van der Waals surface area contributed by atoms with E-state index < -0.39 is 0 Å². The Morgan fingerprint density at radius 2 is 1.69 bits per heavy atom. The molecule has 2 aliphatic heterocycles. The summed E-state index contributed by atoms with van der Waals surface area (Å²) in [6, 6.07) is 0.562. The lowest BCUT2D eigenvalue weighted by atomic mass is 10.0. The summed E-state index contributed by atoms with van der Waals surface area (Å²) in [5, 5.41) is 9.27. The van der Waals surface area contributed by atoms with E-state index in [4.69, 9.17) is 0 Å². The Kier molecular flexibility index (Phi) is 2.32. The van der Waals surface area contributed by atoms with Crippen LogP contribution < -0.4 is 16.1 Å². The molecule has 3 N–H and O–H groups in total. The van der Waals surface area contributed by atoms with Gasteiger partial charge in [0.05, 0.1) is 18.5 Å². The highest BCUT2D eigenvalue weighted by atomic mass is 15.7. The van der Waals surface area contributed by atoms with Gasteiger partial charge in [-0.25, -0.2) is 10.4 Å². The number of hydrazine groups is 1. The van der Waals surface area contributed by atoms with E-state index in [1.807, 2.05) is 0 Å². The lowest BCUT2D eigenvalue weighted by Gasteiger charge is -2.41. The van der Waals surface area contributed by atoms with E-state index in [0.717, 1.165) is 0 Å². The minimum Gasteiger partial charge on any atom is -0.286 e. The number of hydrogen-bond donors (Lipinski definition) is 3. The van der Waals surface area contributed by atoms with E-state index in [0.29, 0.717) is 30.5 Å². The van der Waals surface area contributed by atoms with Gasteiger partial charge in [-0.2, -0.15) is 0 Å². The number of fused-ring (bicyclic) bond motifs is 1. The fraction of sp³-hybridized carbons (Fsp3) is 1.00. The molecule has 5 atom stereocenters. The molecule has 2 saturated heterocycles. The van der Waals surface area contributed by atoms with Crippen LogP contribution in [0.5, 0.6) is 0 Å². The predicted molar refractivity (Wildman–Crippen MR) is 52.6 cm³/mol. The van der Waals surface area contributed by atoms with Crippen LogP contribution >= 0.6 is 0 Å². The van der Waals surface area contributed by atoms with Crippen molar-refractivity contribution < 1.29 is 0 Å². The van der Waals surface area contributed by atoms with Crippen molar-refractivity contribution in [3.8, 4) is 0 Å². The molecule has 0 bridgehead atoms. The van der Waals surface area contributed by atoms with Crippen LogP contribution in [0, 0.1) is 5.92 Å². The fourth-order valence-electron chi connectivity index (χ4n) is 2.29. The van der Waals surface area contributed by atoms with Crippen molar-refractivity contribution in [3.63, 3.8) is 0 Å². The first-order valence-corrected chi connectivity index (χ1v) is 5.16. The van der Waals surface area contributed by atoms with Gasteiger partial charge in [0.15, 0.2) is 0 Å². The molecule has 4 nitrogen and oxygen atoms in total. The van der Waals surface area contributed by atoms with Crippen molar-refractivity contribution in [2.45, 2.75) is 52.2 Å². The van der Waals surface area contributed by atoms with Crippen LogP contribution in [0.1, 0.15) is 27.7 Å². The van der Waals surface area contributed by atoms with E-state index in [2.05, 4.69) is 48.8 Å². The average Bonchev–Trinajstić information content (AvgIpc) is 2.32. The third-order valence-electron chi connectivity index (χ3n) is 3.27. The molecule has 0 aromatic rings. The predicted octanol–water partition coefficient (Wildman–Crippen LogP) is 0.0421. The third-order valence-corrected chi connectivity index (χ3v) is 3.27. The van der Waals surface area contributed by atoms with E-state index >= 15 is 0 Å². The fourth-order valence-corrected chi connectivity index (χ4v) is 2.29. The van der Waals surface area contributed by atoms with Gasteiger partial charge in [-0.05, 0) is 20.8 Å². The zero-order valence-electron chi connectivity index (χ0n) is 8.83. The van der Waals surface area contributed by atoms with Crippen LogP contribution in [0.15, 0.2) is 0 Å². The molecule has 13 heavy (non-hydrogen) atoms. The summed E-state index contributed by atoms with van der Waals surface area (Å²) in [6.45, 7) is 8.90. The van der Waals surface area contributed by atoms with Gasteiger partial charge < -0.3 is 0 Å². The lowest BCUT2D eigenvalue weighted by molar-refractivity contribution is 0.0191. The summed E-state index contributed by atoms with van der Waals surface area (Å²) >= 11 is 0. The van der Waals surface area contributed by atoms with Crippen molar-refractivity contribution in [1.82, 2.24) is 21.1 Å². The quantitative estimate of drug-likeness (QED) is 0.497. The van der Waals surface area contributed by atoms with Crippen molar-refractivity contribution in [1.29, 1.82) is 0 Å². The normalized spacial score (nSPS) is 52.2. The Hall–Kier alpha value is -0.160. The number of rotatable bonds is 0. The molecule has 2 aliphatic rings. The molecule has 0 aromatic carbocycles. The lowest BCUT2D eigenvalue weighted by Crippen LogP contribution is -2.67. The van der Waals surface area contributed by atoms with E-state index in [1.165, 1.54) is 0 Å². The molecule has 2 heterocycles. The maximum atomic E-state index is 3.54. The highest BCUT2D eigenvalue weighted by Gasteiger charge is 2.42. The summed E-state index contributed by atoms with van der Waals surface area (Å²) in [5.41, 5.74) is 3.48. The molecule has 2 rings (SSSR count). The zero-order valence-corrected chi connectivity index (χ0v) is 8.83. The molecule has 0 saturated carbocycles. The van der Waals surface area contributed by atoms with Gasteiger partial charge in [0, 0.05) is 12.0 Å². The molecule has 0 amide bonds. The van der Waals surface area contributed by atoms with E-state index in [9.17, 15) is 0 Å². The average molecular weight is 184 g/mol. The van der Waals surface area contributed by atoms with Crippen molar-refractivity contribution in [2.75, 3.05) is 0 Å². The Morgan fingerprint density at radius 3 is 2.38 bits per heavy atom. The van der Waals surface area contributed by atoms with Crippen molar-refractivity contribution >= 4 is 0 Å². The first-order valence-electron chi connectivity index (χ1n) is 5.16. The van der Waals surface area contributed by atoms with Crippen LogP contribution in [0.3, 0.4) is 0 Å². The van der Waals surface area contributed by atoms with Gasteiger partial charge in [-0.15, -0.1) is 0 Å². The molecular formula is C9H20N4. The smallest absolute Gasteiger partial charge is 0.0803 e. The molecule has 5 unspecified atom stereocenters. The standard InChI is InChI=1S/C9H20N4/c1-5-6(2)12-13-8(4)10-7(3)11-9(5)13/h5-12H,1-4H3. The SMILES string of the molecule is CC1NC(C)N2NC(C)C(C)C2N1. The summed E-state index contributed by atoms with van der Waals surface area (Å²) in [4.78, 5) is 0. The monoisotopic (exact) mass is 184 g/mol. The molecule has 0 spiro atoms. The summed E-state index contributed by atoms with van der Waals surface area (Å²) < 4.78 is 0. The minimum atomic E-state index is 0.408. The van der Waals surface area contributed by atoms with Crippen LogP contribution in [0.2, 0.25) is 0 Å². The Balaban J connectivity index is 2.12. The second kappa shape index (κ2) is 3.20. The van der Waals surface area contributed by atoms with E-state index in [1.54, 1.807) is 0 Å². The van der Waals surface area contributed by atoms with Gasteiger partial charge in [0.1, 0.15) is 0 Å². The first kappa shape index (κ1) is 9.40. The maximum Gasteiger partial charge on any atom is 0.0803 e. The topological polar surface area (TPSA) is 39.3 Å². The summed E-state index contributed by atoms with van der Waals surface area (Å²) in [7, 11) is 0. The maximum absolute atomic E-state index is 3.54. The zero-order chi connectivity index (χ0) is 9.59. The van der Waals surface area contributed by atoms with Gasteiger partial charge >= 0.3 is 0 Å². The Morgan fingerprint density at radius 1 is 1.00 bits per heavy atom. The largest absolute Gasteiger partial charge is 0.286 e. The summed E-state index contributed by atoms with van der Waals surface area (Å²) in [6.07, 6.45) is 1.29. The van der Waals surface area contributed by atoms with E-state index in [-0.39, 0.29) is 0 Å². The molecule has 2 fully saturated rings. The Bertz CT molecular complexity index is 196. The van der Waals surface area contributed by atoms with Gasteiger partial charge in [-0.3, -0.25) is 10.6 Å². The molecule has 0 aromatic heterocycles. The van der Waals surface area contributed by atoms with Crippen LogP contribution in [-0.4, -0.2) is 29.5 Å². The third kappa shape index (κ3) is 1.48. The molecule has 4 heteroatoms. The summed E-state index contributed by atoms with van der Waals surface area (Å²) in [5.74, 6) is 0.659. The second-order valence-electron chi connectivity index (χ2n) is 4.36. The number of nitrogens with zero attached hydrogens (tertiary/aromatic N) is 1. The van der Waals surface area contributed by atoms with Crippen molar-refractivity contribution in [3.05, 3.63) is 0 Å². The van der Waals surface area contributed by atoms with Gasteiger partial charge in [0.25, 0.3) is 0 Å².